The lowest BCUT2D eigenvalue weighted by Crippen LogP contribution is -2.24. The number of carbonyl (C=O) groups excluding carboxylic acids is 1. The molecule has 152 valence electrons. The first-order chi connectivity index (χ1) is 12.9. The normalized spacial score (nSPS) is 21.7. The van der Waals surface area contributed by atoms with E-state index >= 15 is 0 Å². The van der Waals surface area contributed by atoms with Crippen molar-refractivity contribution in [1.82, 2.24) is 0 Å². The molecule has 0 aliphatic heterocycles. The molecule has 0 saturated heterocycles. The lowest BCUT2D eigenvalue weighted by Gasteiger charge is -2.31. The molecule has 1 aromatic carbocycles. The van der Waals surface area contributed by atoms with Crippen molar-refractivity contribution in [3.8, 4) is 0 Å². The van der Waals surface area contributed by atoms with Crippen molar-refractivity contribution >= 4 is 15.6 Å². The molecule has 0 bridgehead atoms. The van der Waals surface area contributed by atoms with Gasteiger partial charge in [-0.2, -0.15) is 0 Å². The van der Waals surface area contributed by atoms with E-state index in [4.69, 9.17) is 0 Å². The monoisotopic (exact) mass is 392 g/mol. The lowest BCUT2D eigenvalue weighted by molar-refractivity contribution is -0.120. The Morgan fingerprint density at radius 1 is 1.11 bits per heavy atom. The molecular weight excluding hydrogens is 356 g/mol. The standard InChI is InChI=1S/C23H36O3S/c1-3-4-12-21-13-8-9-14-22(21)17-23(24)16-15-19(2)27(25,26)18-20-10-6-5-7-11-20/h5-7,10-11,19,21-22H,3-4,8-9,12-18H2,1-2H3. The highest BCUT2D eigenvalue weighted by Crippen LogP contribution is 2.36. The van der Waals surface area contributed by atoms with Crippen LogP contribution in [0.2, 0.25) is 0 Å². The number of rotatable bonds is 11. The van der Waals surface area contributed by atoms with E-state index in [-0.39, 0.29) is 11.5 Å². The molecule has 3 nitrogen and oxygen atoms in total. The quantitative estimate of drug-likeness (QED) is 0.483. The molecule has 1 aliphatic rings. The Morgan fingerprint density at radius 3 is 2.44 bits per heavy atom. The van der Waals surface area contributed by atoms with Crippen LogP contribution in [0.1, 0.15) is 83.6 Å². The minimum atomic E-state index is -3.22. The number of benzene rings is 1. The van der Waals surface area contributed by atoms with Crippen molar-refractivity contribution in [2.45, 2.75) is 89.1 Å². The second-order valence-electron chi connectivity index (χ2n) is 8.33. The Hall–Kier alpha value is -1.16. The number of unbranched alkanes of at least 4 members (excludes halogenated alkanes) is 1. The summed E-state index contributed by atoms with van der Waals surface area (Å²) in [4.78, 5) is 12.5. The average molecular weight is 393 g/mol. The second kappa shape index (κ2) is 11.0. The molecule has 4 heteroatoms. The fourth-order valence-corrected chi connectivity index (χ4v) is 5.71. The van der Waals surface area contributed by atoms with E-state index in [0.29, 0.717) is 31.1 Å². The van der Waals surface area contributed by atoms with Crippen LogP contribution in [-0.2, 0) is 20.4 Å². The number of carbonyl (C=O) groups is 1. The largest absolute Gasteiger partial charge is 0.300 e. The first-order valence-corrected chi connectivity index (χ1v) is 12.4. The smallest absolute Gasteiger partial charge is 0.157 e. The SMILES string of the molecule is CCCCC1CCCCC1CC(=O)CCC(C)S(=O)(=O)Cc1ccccc1. The zero-order valence-corrected chi connectivity index (χ0v) is 17.8. The van der Waals surface area contributed by atoms with Gasteiger partial charge in [0.05, 0.1) is 11.0 Å². The van der Waals surface area contributed by atoms with Gasteiger partial charge in [0.2, 0.25) is 0 Å². The Balaban J connectivity index is 1.81. The number of hydrogen-bond donors (Lipinski definition) is 0. The number of Topliss-reactive ketones (excluding diaryl/α,β-unsaturated/α-hetero) is 1. The summed E-state index contributed by atoms with van der Waals surface area (Å²) in [5.74, 6) is 1.53. The molecule has 1 aromatic rings. The van der Waals surface area contributed by atoms with Crippen LogP contribution >= 0.6 is 0 Å². The third-order valence-electron chi connectivity index (χ3n) is 6.14. The van der Waals surface area contributed by atoms with Gasteiger partial charge in [0.15, 0.2) is 9.84 Å². The molecule has 2 rings (SSSR count). The fourth-order valence-electron chi connectivity index (χ4n) is 4.29. The Bertz CT molecular complexity index is 666. The summed E-state index contributed by atoms with van der Waals surface area (Å²) in [7, 11) is -3.22. The van der Waals surface area contributed by atoms with Gasteiger partial charge in [-0.1, -0.05) is 75.8 Å². The van der Waals surface area contributed by atoms with Crippen LogP contribution in [0.15, 0.2) is 30.3 Å². The minimum absolute atomic E-state index is 0.0604. The van der Waals surface area contributed by atoms with Gasteiger partial charge in [-0.3, -0.25) is 4.79 Å². The summed E-state index contributed by atoms with van der Waals surface area (Å²) in [5, 5.41) is -0.469. The van der Waals surface area contributed by atoms with Crippen molar-refractivity contribution in [3.05, 3.63) is 35.9 Å². The maximum absolute atomic E-state index is 12.6. The number of hydrogen-bond acceptors (Lipinski definition) is 3. The maximum Gasteiger partial charge on any atom is 0.157 e. The minimum Gasteiger partial charge on any atom is -0.300 e. The van der Waals surface area contributed by atoms with Crippen molar-refractivity contribution in [1.29, 1.82) is 0 Å². The molecular formula is C23H36O3S. The second-order valence-corrected chi connectivity index (χ2v) is 10.8. The summed E-state index contributed by atoms with van der Waals surface area (Å²) in [6, 6.07) is 9.29. The van der Waals surface area contributed by atoms with Gasteiger partial charge in [-0.05, 0) is 37.2 Å². The first kappa shape index (κ1) is 22.1. The van der Waals surface area contributed by atoms with Gasteiger partial charge in [0.1, 0.15) is 5.78 Å². The predicted molar refractivity (Wildman–Crippen MR) is 112 cm³/mol. The van der Waals surface area contributed by atoms with E-state index in [9.17, 15) is 13.2 Å². The molecule has 0 radical (unpaired) electrons. The third kappa shape index (κ3) is 7.40. The van der Waals surface area contributed by atoms with Crippen LogP contribution in [0, 0.1) is 11.8 Å². The lowest BCUT2D eigenvalue weighted by atomic mass is 9.74. The van der Waals surface area contributed by atoms with Gasteiger partial charge in [0, 0.05) is 12.8 Å². The summed E-state index contributed by atoms with van der Waals surface area (Å²) in [5.41, 5.74) is 0.816. The van der Waals surface area contributed by atoms with Crippen molar-refractivity contribution in [2.24, 2.45) is 11.8 Å². The van der Waals surface area contributed by atoms with Crippen molar-refractivity contribution in [3.63, 3.8) is 0 Å². The highest BCUT2D eigenvalue weighted by Gasteiger charge is 2.27. The molecule has 1 aliphatic carbocycles. The van der Waals surface area contributed by atoms with Crippen LogP contribution in [0.25, 0.3) is 0 Å². The molecule has 0 heterocycles. The van der Waals surface area contributed by atoms with Crippen LogP contribution in [0.4, 0.5) is 0 Å². The zero-order valence-electron chi connectivity index (χ0n) is 17.0. The van der Waals surface area contributed by atoms with Crippen molar-refractivity contribution < 1.29 is 13.2 Å². The van der Waals surface area contributed by atoms with E-state index in [2.05, 4.69) is 6.92 Å². The molecule has 1 fully saturated rings. The Morgan fingerprint density at radius 2 is 1.78 bits per heavy atom. The van der Waals surface area contributed by atoms with Crippen LogP contribution in [-0.4, -0.2) is 19.5 Å². The van der Waals surface area contributed by atoms with E-state index in [1.54, 1.807) is 6.92 Å². The molecule has 0 amide bonds. The topological polar surface area (TPSA) is 51.2 Å². The molecule has 27 heavy (non-hydrogen) atoms. The first-order valence-electron chi connectivity index (χ1n) is 10.7. The van der Waals surface area contributed by atoms with Gasteiger partial charge < -0.3 is 0 Å². The van der Waals surface area contributed by atoms with Gasteiger partial charge in [-0.25, -0.2) is 8.42 Å². The molecule has 3 unspecified atom stereocenters. The van der Waals surface area contributed by atoms with Crippen LogP contribution in [0.5, 0.6) is 0 Å². The van der Waals surface area contributed by atoms with Crippen molar-refractivity contribution in [2.75, 3.05) is 0 Å². The van der Waals surface area contributed by atoms with Crippen LogP contribution in [0.3, 0.4) is 0 Å². The Kier molecular flexibility index (Phi) is 9.01. The molecule has 3 atom stereocenters. The summed E-state index contributed by atoms with van der Waals surface area (Å²) >= 11 is 0. The van der Waals surface area contributed by atoms with Gasteiger partial charge >= 0.3 is 0 Å². The predicted octanol–water partition coefficient (Wildman–Crippen LogP) is 5.73. The summed E-state index contributed by atoms with van der Waals surface area (Å²) < 4.78 is 25.1. The fraction of sp³-hybridized carbons (Fsp3) is 0.696. The number of ketones is 1. The molecule has 0 N–H and O–H groups in total. The van der Waals surface area contributed by atoms with Gasteiger partial charge in [0.25, 0.3) is 0 Å². The van der Waals surface area contributed by atoms with E-state index < -0.39 is 15.1 Å². The van der Waals surface area contributed by atoms with E-state index in [0.717, 1.165) is 5.56 Å². The molecule has 1 saturated carbocycles. The highest BCUT2D eigenvalue weighted by molar-refractivity contribution is 7.91. The summed E-state index contributed by atoms with van der Waals surface area (Å²) in [6.45, 7) is 3.97. The maximum atomic E-state index is 12.6. The van der Waals surface area contributed by atoms with Gasteiger partial charge in [-0.15, -0.1) is 0 Å². The molecule has 0 aromatic heterocycles. The molecule has 0 spiro atoms. The van der Waals surface area contributed by atoms with E-state index in [1.807, 2.05) is 30.3 Å². The summed E-state index contributed by atoms with van der Waals surface area (Å²) in [6.07, 6.45) is 10.2. The third-order valence-corrected chi connectivity index (χ3v) is 8.34. The van der Waals surface area contributed by atoms with Crippen LogP contribution < -0.4 is 0 Å². The zero-order chi connectivity index (χ0) is 19.7. The highest BCUT2D eigenvalue weighted by atomic mass is 32.2. The number of sulfone groups is 1. The Labute approximate surface area is 165 Å². The van der Waals surface area contributed by atoms with E-state index in [1.165, 1.54) is 44.9 Å². The average Bonchev–Trinajstić information content (AvgIpc) is 2.66.